The molecule has 0 aromatic carbocycles. The fourth-order valence-electron chi connectivity index (χ4n) is 6.73. The number of carbonyl (C=O) groups is 1. The maximum absolute atomic E-state index is 14.0. The lowest BCUT2D eigenvalue weighted by Crippen LogP contribution is -2.75. The largest absolute Gasteiger partial charge is 0.305 e. The molecule has 1 amide bonds. The van der Waals surface area contributed by atoms with Crippen LogP contribution in [0.3, 0.4) is 0 Å². The van der Waals surface area contributed by atoms with Crippen LogP contribution < -0.4 is 16.5 Å². The Hall–Kier alpha value is -0.650. The summed E-state index contributed by atoms with van der Waals surface area (Å²) >= 11 is 0. The molecule has 4 N–H and O–H groups in total. The molecule has 0 saturated carbocycles. The van der Waals surface area contributed by atoms with Crippen molar-refractivity contribution in [2.75, 3.05) is 0 Å². The second-order valence-electron chi connectivity index (χ2n) is 12.0. The molecule has 2 rings (SSSR count). The number of piperidine rings is 2. The maximum atomic E-state index is 14.0. The molecular weight excluding hydrogens is 348 g/mol. The van der Waals surface area contributed by atoms with Crippen LogP contribution in [0.15, 0.2) is 0 Å². The first-order valence-corrected chi connectivity index (χ1v) is 11.2. The summed E-state index contributed by atoms with van der Waals surface area (Å²) in [7, 11) is 0. The zero-order valence-electron chi connectivity index (χ0n) is 20.1. The summed E-state index contributed by atoms with van der Waals surface area (Å²) in [6, 6.07) is 0. The van der Waals surface area contributed by atoms with Gasteiger partial charge in [-0.3, -0.25) is 15.1 Å². The molecule has 2 fully saturated rings. The van der Waals surface area contributed by atoms with E-state index in [4.69, 9.17) is 5.84 Å². The number of hydrazine groups is 1. The standard InChI is InChI=1S/C23H46N4O/c1-11-21(8,22(9)14-16(2)12-19(4,5)25-22)18(28)27(24)23(10)15-17(3)13-20(6,7)26-23/h16-17,25-26H,11-15,24H2,1-10H3. The fourth-order valence-corrected chi connectivity index (χ4v) is 6.73. The van der Waals surface area contributed by atoms with E-state index < -0.39 is 11.1 Å². The Morgan fingerprint density at radius 3 is 1.86 bits per heavy atom. The molecule has 5 atom stereocenters. The van der Waals surface area contributed by atoms with E-state index in [1.54, 1.807) is 0 Å². The van der Waals surface area contributed by atoms with E-state index in [0.717, 1.165) is 32.1 Å². The Morgan fingerprint density at radius 1 is 0.964 bits per heavy atom. The van der Waals surface area contributed by atoms with Crippen LogP contribution in [0.5, 0.6) is 0 Å². The van der Waals surface area contributed by atoms with E-state index >= 15 is 0 Å². The van der Waals surface area contributed by atoms with E-state index in [9.17, 15) is 4.79 Å². The molecule has 2 heterocycles. The van der Waals surface area contributed by atoms with Gasteiger partial charge >= 0.3 is 0 Å². The molecule has 0 radical (unpaired) electrons. The molecule has 2 aliphatic heterocycles. The molecule has 0 bridgehead atoms. The minimum Gasteiger partial charge on any atom is -0.305 e. The second kappa shape index (κ2) is 7.24. The molecule has 5 heteroatoms. The Balaban J connectivity index is 2.38. The van der Waals surface area contributed by atoms with E-state index in [1.807, 2.05) is 0 Å². The molecule has 5 unspecified atom stereocenters. The molecule has 0 aromatic heterocycles. The first-order chi connectivity index (χ1) is 12.5. The number of nitrogens with one attached hydrogen (secondary N) is 2. The average Bonchev–Trinajstić information content (AvgIpc) is 2.47. The van der Waals surface area contributed by atoms with Crippen molar-refractivity contribution in [3.63, 3.8) is 0 Å². The first-order valence-electron chi connectivity index (χ1n) is 11.2. The number of hydrogen-bond donors (Lipinski definition) is 3. The molecule has 0 aliphatic carbocycles. The molecule has 5 nitrogen and oxygen atoms in total. The van der Waals surface area contributed by atoms with Crippen LogP contribution in [0.4, 0.5) is 0 Å². The molecular formula is C23H46N4O. The lowest BCUT2D eigenvalue weighted by molar-refractivity contribution is -0.161. The molecule has 2 aliphatic rings. The van der Waals surface area contributed by atoms with Gasteiger partial charge in [-0.05, 0) is 92.4 Å². The minimum absolute atomic E-state index is 0.00600. The van der Waals surface area contributed by atoms with Crippen LogP contribution in [0.2, 0.25) is 0 Å². The summed E-state index contributed by atoms with van der Waals surface area (Å²) in [6.07, 6.45) is 4.80. The van der Waals surface area contributed by atoms with Gasteiger partial charge in [0.25, 0.3) is 0 Å². The van der Waals surface area contributed by atoms with Crippen molar-refractivity contribution >= 4 is 5.91 Å². The predicted octanol–water partition coefficient (Wildman–Crippen LogP) is 4.18. The van der Waals surface area contributed by atoms with Crippen molar-refractivity contribution in [3.8, 4) is 0 Å². The first kappa shape index (κ1) is 23.6. The highest BCUT2D eigenvalue weighted by atomic mass is 16.2. The van der Waals surface area contributed by atoms with Crippen LogP contribution in [-0.4, -0.2) is 33.2 Å². The fraction of sp³-hybridized carbons (Fsp3) is 0.957. The third kappa shape index (κ3) is 4.27. The van der Waals surface area contributed by atoms with Crippen LogP contribution in [0, 0.1) is 17.3 Å². The highest BCUT2D eigenvalue weighted by Gasteiger charge is 2.56. The normalized spacial score (nSPS) is 39.8. The Morgan fingerprint density at radius 2 is 1.43 bits per heavy atom. The highest BCUT2D eigenvalue weighted by molar-refractivity contribution is 5.84. The lowest BCUT2D eigenvalue weighted by Gasteiger charge is -2.58. The van der Waals surface area contributed by atoms with Gasteiger partial charge in [-0.2, -0.15) is 0 Å². The van der Waals surface area contributed by atoms with E-state index in [0.29, 0.717) is 11.8 Å². The van der Waals surface area contributed by atoms with Gasteiger partial charge in [-0.1, -0.05) is 20.8 Å². The molecule has 28 heavy (non-hydrogen) atoms. The number of nitrogens with two attached hydrogens (primary N) is 1. The number of rotatable bonds is 4. The summed E-state index contributed by atoms with van der Waals surface area (Å²) in [6.45, 7) is 22.0. The SMILES string of the molecule is CCC(C)(C(=O)N(N)C1(C)CC(C)CC(C)(C)N1)C1(C)CC(C)CC(C)(C)N1. The zero-order valence-corrected chi connectivity index (χ0v) is 20.1. The van der Waals surface area contributed by atoms with Crippen molar-refractivity contribution < 1.29 is 4.79 Å². The van der Waals surface area contributed by atoms with Crippen LogP contribution >= 0.6 is 0 Å². The van der Waals surface area contributed by atoms with E-state index in [2.05, 4.69) is 79.9 Å². The summed E-state index contributed by atoms with van der Waals surface area (Å²) < 4.78 is 0. The van der Waals surface area contributed by atoms with Crippen molar-refractivity contribution in [1.82, 2.24) is 15.6 Å². The Kier molecular flexibility index (Phi) is 6.11. The van der Waals surface area contributed by atoms with Gasteiger partial charge in [0.05, 0.1) is 5.41 Å². The predicted molar refractivity (Wildman–Crippen MR) is 117 cm³/mol. The smallest absolute Gasteiger partial charge is 0.245 e. The van der Waals surface area contributed by atoms with Gasteiger partial charge in [0, 0.05) is 16.6 Å². The van der Waals surface area contributed by atoms with E-state index in [1.165, 1.54) is 5.01 Å². The number of amides is 1. The molecule has 2 saturated heterocycles. The summed E-state index contributed by atoms with van der Waals surface area (Å²) in [5.74, 6) is 7.74. The monoisotopic (exact) mass is 394 g/mol. The zero-order chi connectivity index (χ0) is 21.8. The summed E-state index contributed by atoms with van der Waals surface area (Å²) in [5, 5.41) is 9.06. The van der Waals surface area contributed by atoms with Crippen LogP contribution in [0.1, 0.15) is 101 Å². The average molecular weight is 395 g/mol. The van der Waals surface area contributed by atoms with Gasteiger partial charge < -0.3 is 5.32 Å². The van der Waals surface area contributed by atoms with Gasteiger partial charge in [-0.25, -0.2) is 5.84 Å². The Labute approximate surface area is 173 Å². The molecule has 0 aromatic rings. The Bertz CT molecular complexity index is 603. The maximum Gasteiger partial charge on any atom is 0.245 e. The number of hydrogen-bond acceptors (Lipinski definition) is 4. The van der Waals surface area contributed by atoms with Gasteiger partial charge in [0.2, 0.25) is 5.91 Å². The van der Waals surface area contributed by atoms with Crippen molar-refractivity contribution in [1.29, 1.82) is 0 Å². The number of carbonyl (C=O) groups excluding carboxylic acids is 1. The third-order valence-electron chi connectivity index (χ3n) is 7.59. The quantitative estimate of drug-likeness (QED) is 0.380. The van der Waals surface area contributed by atoms with Crippen LogP contribution in [0.25, 0.3) is 0 Å². The van der Waals surface area contributed by atoms with Gasteiger partial charge in [0.1, 0.15) is 5.66 Å². The van der Waals surface area contributed by atoms with Crippen LogP contribution in [-0.2, 0) is 4.79 Å². The van der Waals surface area contributed by atoms with Gasteiger partial charge in [-0.15, -0.1) is 0 Å². The van der Waals surface area contributed by atoms with Crippen molar-refractivity contribution in [2.45, 2.75) is 124 Å². The van der Waals surface area contributed by atoms with Crippen molar-refractivity contribution in [2.24, 2.45) is 23.1 Å². The minimum atomic E-state index is -0.580. The molecule has 164 valence electrons. The molecule has 0 spiro atoms. The summed E-state index contributed by atoms with van der Waals surface area (Å²) in [4.78, 5) is 14.0. The lowest BCUT2D eigenvalue weighted by atomic mass is 9.61. The van der Waals surface area contributed by atoms with Crippen molar-refractivity contribution in [3.05, 3.63) is 0 Å². The number of nitrogens with zero attached hydrogens (tertiary/aromatic N) is 1. The third-order valence-corrected chi connectivity index (χ3v) is 7.59. The highest BCUT2D eigenvalue weighted by Crippen LogP contribution is 2.47. The second-order valence-corrected chi connectivity index (χ2v) is 12.0. The summed E-state index contributed by atoms with van der Waals surface area (Å²) in [5.41, 5.74) is -1.46. The van der Waals surface area contributed by atoms with Gasteiger partial charge in [0.15, 0.2) is 0 Å². The van der Waals surface area contributed by atoms with E-state index in [-0.39, 0.29) is 22.5 Å². The topological polar surface area (TPSA) is 70.4 Å².